The van der Waals surface area contributed by atoms with E-state index < -0.39 is 0 Å². The number of aliphatic imine (C=N–C) groups is 2. The summed E-state index contributed by atoms with van der Waals surface area (Å²) in [5, 5.41) is 24.0. The molecule has 1 aromatic carbocycles. The molecule has 0 aromatic heterocycles. The Bertz CT molecular complexity index is 816. The van der Waals surface area contributed by atoms with Crippen LogP contribution in [-0.4, -0.2) is 31.2 Å². The lowest BCUT2D eigenvalue weighted by Gasteiger charge is -2.09. The van der Waals surface area contributed by atoms with Crippen molar-refractivity contribution in [2.24, 2.45) is 21.0 Å². The number of hydrogen-bond donors (Lipinski definition) is 3. The third kappa shape index (κ3) is 4.88. The van der Waals surface area contributed by atoms with E-state index in [1.807, 2.05) is 30.3 Å². The molecule has 3 N–H and O–H groups in total. The van der Waals surface area contributed by atoms with Crippen LogP contribution >= 0.6 is 0 Å². The first-order valence-electron chi connectivity index (χ1n) is 7.82. The van der Waals surface area contributed by atoms with Gasteiger partial charge >= 0.3 is 0 Å². The number of hydrazone groups is 1. The molecule has 0 aliphatic carbocycles. The van der Waals surface area contributed by atoms with Crippen molar-refractivity contribution in [3.63, 3.8) is 0 Å². The molecule has 8 nitrogen and oxygen atoms in total. The van der Waals surface area contributed by atoms with E-state index in [0.29, 0.717) is 11.6 Å². The molecule has 0 saturated heterocycles. The Labute approximate surface area is 151 Å². The van der Waals surface area contributed by atoms with Crippen molar-refractivity contribution >= 4 is 24.2 Å². The van der Waals surface area contributed by atoms with Crippen LogP contribution in [0.25, 0.3) is 0 Å². The van der Waals surface area contributed by atoms with Crippen molar-refractivity contribution in [1.29, 1.82) is 10.7 Å². The summed E-state index contributed by atoms with van der Waals surface area (Å²) in [5.41, 5.74) is 3.92. The smallest absolute Gasteiger partial charge is 0.245 e. The molecule has 1 unspecified atom stereocenters. The largest absolute Gasteiger partial charge is 0.417 e. The SMILES string of the molecule is C=CN=CC(C=NC(=N)C(NC)=C1NN=C(c2ccccc2)O1)CC#N. The van der Waals surface area contributed by atoms with Gasteiger partial charge in [-0.15, -0.1) is 5.10 Å². The lowest BCUT2D eigenvalue weighted by atomic mass is 10.1. The van der Waals surface area contributed by atoms with Gasteiger partial charge in [-0.3, -0.25) is 10.4 Å². The summed E-state index contributed by atoms with van der Waals surface area (Å²) in [5.74, 6) is 0.320. The molecular formula is C18H19N7O. The van der Waals surface area contributed by atoms with Crippen LogP contribution in [0.5, 0.6) is 0 Å². The van der Waals surface area contributed by atoms with Crippen LogP contribution in [0.1, 0.15) is 12.0 Å². The fourth-order valence-electron chi connectivity index (χ4n) is 2.05. The van der Waals surface area contributed by atoms with E-state index >= 15 is 0 Å². The van der Waals surface area contributed by atoms with Gasteiger partial charge in [-0.05, 0) is 12.1 Å². The van der Waals surface area contributed by atoms with Crippen LogP contribution in [0, 0.1) is 22.7 Å². The average Bonchev–Trinajstić information content (AvgIpc) is 3.15. The number of ether oxygens (including phenoxy) is 1. The van der Waals surface area contributed by atoms with E-state index in [9.17, 15) is 0 Å². The highest BCUT2D eigenvalue weighted by Crippen LogP contribution is 2.14. The van der Waals surface area contributed by atoms with Gasteiger partial charge < -0.3 is 10.1 Å². The molecule has 1 atom stereocenters. The fourth-order valence-corrected chi connectivity index (χ4v) is 2.05. The van der Waals surface area contributed by atoms with Crippen molar-refractivity contribution < 1.29 is 4.74 Å². The molecule has 1 aromatic rings. The second-order valence-electron chi connectivity index (χ2n) is 5.08. The first-order chi connectivity index (χ1) is 12.7. The Morgan fingerprint density at radius 1 is 1.46 bits per heavy atom. The topological polar surface area (TPSA) is 118 Å². The number of amidine groups is 1. The van der Waals surface area contributed by atoms with Gasteiger partial charge in [0.05, 0.1) is 6.07 Å². The Kier molecular flexibility index (Phi) is 6.83. The summed E-state index contributed by atoms with van der Waals surface area (Å²) >= 11 is 0. The highest BCUT2D eigenvalue weighted by Gasteiger charge is 2.21. The zero-order chi connectivity index (χ0) is 18.8. The molecule has 2 rings (SSSR count). The second-order valence-corrected chi connectivity index (χ2v) is 5.08. The van der Waals surface area contributed by atoms with Gasteiger partial charge in [0.2, 0.25) is 11.8 Å². The molecule has 1 aliphatic heterocycles. The average molecular weight is 349 g/mol. The molecule has 0 spiro atoms. The number of hydrogen-bond acceptors (Lipinski definition) is 7. The van der Waals surface area contributed by atoms with Gasteiger partial charge in [0.25, 0.3) is 0 Å². The number of nitrogens with zero attached hydrogens (tertiary/aromatic N) is 4. The van der Waals surface area contributed by atoms with Crippen LogP contribution in [0.2, 0.25) is 0 Å². The summed E-state index contributed by atoms with van der Waals surface area (Å²) < 4.78 is 5.69. The molecule has 0 amide bonds. The zero-order valence-electron chi connectivity index (χ0n) is 14.3. The monoisotopic (exact) mass is 349 g/mol. The van der Waals surface area contributed by atoms with Gasteiger partial charge in [0, 0.05) is 43.6 Å². The van der Waals surface area contributed by atoms with Crippen molar-refractivity contribution in [3.8, 4) is 6.07 Å². The molecule has 1 aliphatic rings. The van der Waals surface area contributed by atoms with Crippen molar-refractivity contribution in [2.45, 2.75) is 6.42 Å². The number of benzene rings is 1. The second kappa shape index (κ2) is 9.54. The summed E-state index contributed by atoms with van der Waals surface area (Å²) in [6, 6.07) is 11.5. The lowest BCUT2D eigenvalue weighted by Crippen LogP contribution is -2.21. The van der Waals surface area contributed by atoms with E-state index in [0.717, 1.165) is 5.56 Å². The Morgan fingerprint density at radius 2 is 2.23 bits per heavy atom. The molecule has 0 bridgehead atoms. The van der Waals surface area contributed by atoms with E-state index in [1.165, 1.54) is 12.4 Å². The minimum atomic E-state index is -0.310. The van der Waals surface area contributed by atoms with Gasteiger partial charge in [0.1, 0.15) is 5.70 Å². The molecule has 1 heterocycles. The number of nitriles is 1. The van der Waals surface area contributed by atoms with Gasteiger partial charge in [-0.2, -0.15) is 5.26 Å². The van der Waals surface area contributed by atoms with Crippen LogP contribution in [0.15, 0.2) is 69.8 Å². The first kappa shape index (κ1) is 18.6. The minimum absolute atomic E-state index is 0.0607. The van der Waals surface area contributed by atoms with Crippen LogP contribution in [-0.2, 0) is 4.74 Å². The summed E-state index contributed by atoms with van der Waals surface area (Å²) in [7, 11) is 1.66. The molecule has 8 heteroatoms. The third-order valence-corrected chi connectivity index (χ3v) is 3.30. The molecule has 0 saturated carbocycles. The Morgan fingerprint density at radius 3 is 2.88 bits per heavy atom. The summed E-state index contributed by atoms with van der Waals surface area (Å²) in [6.07, 6.45) is 4.63. The van der Waals surface area contributed by atoms with Crippen molar-refractivity contribution in [1.82, 2.24) is 10.7 Å². The van der Waals surface area contributed by atoms with Gasteiger partial charge in [0.15, 0.2) is 5.84 Å². The molecule has 0 radical (unpaired) electrons. The van der Waals surface area contributed by atoms with E-state index in [2.05, 4.69) is 38.5 Å². The maximum absolute atomic E-state index is 8.85. The highest BCUT2D eigenvalue weighted by molar-refractivity contribution is 6.03. The number of nitrogens with one attached hydrogen (secondary N) is 3. The fraction of sp³-hybridized carbons (Fsp3) is 0.167. The Hall–Kier alpha value is -3.73. The molecule has 132 valence electrons. The zero-order valence-corrected chi connectivity index (χ0v) is 14.3. The highest BCUT2D eigenvalue weighted by atomic mass is 16.5. The van der Waals surface area contributed by atoms with Crippen LogP contribution in [0.3, 0.4) is 0 Å². The predicted molar refractivity (Wildman–Crippen MR) is 102 cm³/mol. The number of rotatable bonds is 7. The van der Waals surface area contributed by atoms with E-state index in [-0.39, 0.29) is 24.1 Å². The Balaban J connectivity index is 2.12. The quantitative estimate of drug-likeness (QED) is 0.516. The maximum Gasteiger partial charge on any atom is 0.245 e. The van der Waals surface area contributed by atoms with Crippen LogP contribution < -0.4 is 10.7 Å². The lowest BCUT2D eigenvalue weighted by molar-refractivity contribution is 0.408. The van der Waals surface area contributed by atoms with E-state index in [4.69, 9.17) is 15.4 Å². The minimum Gasteiger partial charge on any atom is -0.417 e. The van der Waals surface area contributed by atoms with Crippen molar-refractivity contribution in [3.05, 3.63) is 60.3 Å². The molecule has 0 fully saturated rings. The predicted octanol–water partition coefficient (Wildman–Crippen LogP) is 2.15. The van der Waals surface area contributed by atoms with Crippen molar-refractivity contribution in [2.75, 3.05) is 7.05 Å². The summed E-state index contributed by atoms with van der Waals surface area (Å²) in [6.45, 7) is 3.49. The molecular weight excluding hydrogens is 330 g/mol. The standard InChI is InChI=1S/C18H19N7O/c1-3-22-11-13(9-10-19)12-23-16(20)15(21-2)18-25-24-17(26-18)14-7-5-4-6-8-14/h3-8,11-13,20-21,25H,1,9H2,2H3. The third-order valence-electron chi connectivity index (χ3n) is 3.30. The van der Waals surface area contributed by atoms with Gasteiger partial charge in [-0.1, -0.05) is 24.8 Å². The van der Waals surface area contributed by atoms with Crippen LogP contribution in [0.4, 0.5) is 0 Å². The first-order valence-corrected chi connectivity index (χ1v) is 7.82. The molecule has 26 heavy (non-hydrogen) atoms. The number of likely N-dealkylation sites (N-methyl/N-ethyl adjacent to an activating group) is 1. The van der Waals surface area contributed by atoms with Gasteiger partial charge in [-0.25, -0.2) is 10.4 Å². The normalized spacial score (nSPS) is 16.4. The summed E-state index contributed by atoms with van der Waals surface area (Å²) in [4.78, 5) is 8.00. The van der Waals surface area contributed by atoms with E-state index in [1.54, 1.807) is 13.3 Å². The maximum atomic E-state index is 8.85.